The molecule has 2 atom stereocenters. The Labute approximate surface area is 127 Å². The van der Waals surface area contributed by atoms with Crippen molar-refractivity contribution in [2.45, 2.75) is 38.7 Å². The number of amides is 1. The van der Waals surface area contributed by atoms with Crippen molar-refractivity contribution >= 4 is 11.6 Å². The van der Waals surface area contributed by atoms with Crippen LogP contribution in [0, 0.1) is 28.8 Å². The zero-order valence-corrected chi connectivity index (χ0v) is 12.3. The van der Waals surface area contributed by atoms with Crippen LogP contribution in [0.25, 0.3) is 0 Å². The molecule has 1 aromatic carbocycles. The van der Waals surface area contributed by atoms with E-state index < -0.39 is 16.6 Å². The number of carbonyl (C=O) groups is 1. The van der Waals surface area contributed by atoms with Gasteiger partial charge < -0.3 is 10.4 Å². The summed E-state index contributed by atoms with van der Waals surface area (Å²) in [6.45, 7) is 1.72. The number of nitrogens with zero attached hydrogens (tertiary/aromatic N) is 1. The van der Waals surface area contributed by atoms with E-state index in [2.05, 4.69) is 5.32 Å². The lowest BCUT2D eigenvalue weighted by Crippen LogP contribution is -2.33. The van der Waals surface area contributed by atoms with Gasteiger partial charge in [0, 0.05) is 12.1 Å². The number of benzene rings is 1. The molecule has 0 spiro atoms. The number of rotatable bonds is 4. The van der Waals surface area contributed by atoms with Crippen LogP contribution in [0.2, 0.25) is 0 Å². The molecule has 1 aliphatic carbocycles. The highest BCUT2D eigenvalue weighted by Crippen LogP contribution is 2.26. The summed E-state index contributed by atoms with van der Waals surface area (Å²) in [5, 5.41) is 23.3. The van der Waals surface area contributed by atoms with E-state index in [0.29, 0.717) is 13.0 Å². The van der Waals surface area contributed by atoms with Crippen molar-refractivity contribution in [3.8, 4) is 0 Å². The van der Waals surface area contributed by atoms with Gasteiger partial charge in [0.25, 0.3) is 11.6 Å². The second-order valence-corrected chi connectivity index (χ2v) is 5.77. The molecule has 7 heteroatoms. The molecule has 6 nitrogen and oxygen atoms in total. The highest BCUT2D eigenvalue weighted by Gasteiger charge is 2.26. The first kappa shape index (κ1) is 16.4. The second-order valence-electron chi connectivity index (χ2n) is 5.77. The molecule has 2 unspecified atom stereocenters. The lowest BCUT2D eigenvalue weighted by atomic mass is 9.87. The number of aryl methyl sites for hydroxylation is 1. The zero-order chi connectivity index (χ0) is 16.3. The lowest BCUT2D eigenvalue weighted by molar-refractivity contribution is -0.385. The first-order valence-electron chi connectivity index (χ1n) is 7.29. The summed E-state index contributed by atoms with van der Waals surface area (Å²) in [6.07, 6.45) is 2.79. The number of aliphatic hydroxyl groups is 1. The van der Waals surface area contributed by atoms with Crippen molar-refractivity contribution in [3.63, 3.8) is 0 Å². The van der Waals surface area contributed by atoms with E-state index in [-0.39, 0.29) is 28.8 Å². The van der Waals surface area contributed by atoms with Crippen LogP contribution >= 0.6 is 0 Å². The molecule has 1 aliphatic rings. The van der Waals surface area contributed by atoms with E-state index in [4.69, 9.17) is 0 Å². The van der Waals surface area contributed by atoms with E-state index in [9.17, 15) is 24.4 Å². The number of nitrogens with one attached hydrogen (secondary N) is 1. The number of carbonyl (C=O) groups excluding carboxylic acids is 1. The minimum Gasteiger partial charge on any atom is -0.393 e. The fourth-order valence-corrected chi connectivity index (χ4v) is 2.93. The molecule has 0 aromatic heterocycles. The summed E-state index contributed by atoms with van der Waals surface area (Å²) in [5.74, 6) is -1.20. The molecular formula is C15H19FN2O4. The average Bonchev–Trinajstić information content (AvgIpc) is 2.43. The molecule has 1 saturated carbocycles. The zero-order valence-electron chi connectivity index (χ0n) is 12.3. The van der Waals surface area contributed by atoms with Crippen molar-refractivity contribution in [1.29, 1.82) is 0 Å². The van der Waals surface area contributed by atoms with Crippen LogP contribution in [0.5, 0.6) is 0 Å². The number of nitro groups is 1. The van der Waals surface area contributed by atoms with Gasteiger partial charge in [-0.3, -0.25) is 14.9 Å². The molecule has 22 heavy (non-hydrogen) atoms. The quantitative estimate of drug-likeness (QED) is 0.659. The molecule has 120 valence electrons. The standard InChI is InChI=1S/C15H19FN2O4/c1-9-5-11(16)7-13(14(9)18(21)22)15(20)17-8-10-3-2-4-12(19)6-10/h5,7,10,12,19H,2-4,6,8H2,1H3,(H,17,20). The topological polar surface area (TPSA) is 92.5 Å². The third-order valence-electron chi connectivity index (χ3n) is 4.00. The Kier molecular flexibility index (Phi) is 5.07. The second kappa shape index (κ2) is 6.83. The molecule has 0 saturated heterocycles. The molecule has 1 aromatic rings. The van der Waals surface area contributed by atoms with E-state index in [0.717, 1.165) is 31.4 Å². The number of nitro benzene ring substituents is 1. The van der Waals surface area contributed by atoms with Crippen LogP contribution in [-0.4, -0.2) is 28.6 Å². The van der Waals surface area contributed by atoms with Crippen LogP contribution in [0.4, 0.5) is 10.1 Å². The van der Waals surface area contributed by atoms with Crippen molar-refractivity contribution < 1.29 is 19.2 Å². The molecule has 2 N–H and O–H groups in total. The van der Waals surface area contributed by atoms with Gasteiger partial charge in [0.15, 0.2) is 0 Å². The Balaban J connectivity index is 2.10. The average molecular weight is 310 g/mol. The Morgan fingerprint density at radius 3 is 2.86 bits per heavy atom. The van der Waals surface area contributed by atoms with Crippen LogP contribution in [0.15, 0.2) is 12.1 Å². The SMILES string of the molecule is Cc1cc(F)cc(C(=O)NCC2CCCC(O)C2)c1[N+](=O)[O-]. The highest BCUT2D eigenvalue weighted by atomic mass is 19.1. The smallest absolute Gasteiger partial charge is 0.285 e. The van der Waals surface area contributed by atoms with Gasteiger partial charge >= 0.3 is 0 Å². The predicted molar refractivity (Wildman–Crippen MR) is 78.1 cm³/mol. The van der Waals surface area contributed by atoms with Crippen LogP contribution in [0.3, 0.4) is 0 Å². The van der Waals surface area contributed by atoms with Crippen LogP contribution in [-0.2, 0) is 0 Å². The van der Waals surface area contributed by atoms with Gasteiger partial charge in [-0.1, -0.05) is 6.42 Å². The molecule has 0 heterocycles. The fourth-order valence-electron chi connectivity index (χ4n) is 2.93. The highest BCUT2D eigenvalue weighted by molar-refractivity contribution is 5.98. The van der Waals surface area contributed by atoms with Crippen LogP contribution < -0.4 is 5.32 Å². The Bertz CT molecular complexity index is 591. The summed E-state index contributed by atoms with van der Waals surface area (Å²) >= 11 is 0. The third kappa shape index (κ3) is 3.79. The molecule has 1 fully saturated rings. The maximum atomic E-state index is 13.4. The fraction of sp³-hybridized carbons (Fsp3) is 0.533. The van der Waals surface area contributed by atoms with Gasteiger partial charge in [-0.15, -0.1) is 0 Å². The maximum Gasteiger partial charge on any atom is 0.285 e. The molecule has 1 amide bonds. The van der Waals surface area contributed by atoms with Crippen molar-refractivity contribution in [2.75, 3.05) is 6.54 Å². The van der Waals surface area contributed by atoms with E-state index in [1.54, 1.807) is 0 Å². The number of hydrogen-bond donors (Lipinski definition) is 2. The lowest BCUT2D eigenvalue weighted by Gasteiger charge is -2.25. The molecule has 0 radical (unpaired) electrons. The monoisotopic (exact) mass is 310 g/mol. The van der Waals surface area contributed by atoms with Gasteiger partial charge in [-0.05, 0) is 44.2 Å². The number of hydrogen-bond acceptors (Lipinski definition) is 4. The summed E-state index contributed by atoms with van der Waals surface area (Å²) in [5.41, 5.74) is -0.523. The van der Waals surface area contributed by atoms with Gasteiger partial charge in [0.1, 0.15) is 11.4 Å². The summed E-state index contributed by atoms with van der Waals surface area (Å²) in [4.78, 5) is 22.6. The Morgan fingerprint density at radius 2 is 2.23 bits per heavy atom. The van der Waals surface area contributed by atoms with Crippen molar-refractivity contribution in [3.05, 3.63) is 39.2 Å². The molecule has 0 aliphatic heterocycles. The van der Waals surface area contributed by atoms with Crippen LogP contribution in [0.1, 0.15) is 41.6 Å². The first-order valence-corrected chi connectivity index (χ1v) is 7.29. The van der Waals surface area contributed by atoms with Crippen molar-refractivity contribution in [1.82, 2.24) is 5.32 Å². The van der Waals surface area contributed by atoms with E-state index >= 15 is 0 Å². The molecular weight excluding hydrogens is 291 g/mol. The largest absolute Gasteiger partial charge is 0.393 e. The summed E-state index contributed by atoms with van der Waals surface area (Å²) < 4.78 is 13.4. The summed E-state index contributed by atoms with van der Waals surface area (Å²) in [6, 6.07) is 1.92. The summed E-state index contributed by atoms with van der Waals surface area (Å²) in [7, 11) is 0. The Hall–Kier alpha value is -2.02. The first-order chi connectivity index (χ1) is 10.4. The van der Waals surface area contributed by atoms with E-state index in [1.807, 2.05) is 0 Å². The normalized spacial score (nSPS) is 21.4. The predicted octanol–water partition coefficient (Wildman–Crippen LogP) is 2.32. The minimum absolute atomic E-state index is 0.114. The number of halogens is 1. The minimum atomic E-state index is -0.679. The van der Waals surface area contributed by atoms with Gasteiger partial charge in [0.05, 0.1) is 11.0 Å². The van der Waals surface area contributed by atoms with Crippen molar-refractivity contribution in [2.24, 2.45) is 5.92 Å². The third-order valence-corrected chi connectivity index (χ3v) is 4.00. The Morgan fingerprint density at radius 1 is 1.50 bits per heavy atom. The maximum absolute atomic E-state index is 13.4. The van der Waals surface area contributed by atoms with Gasteiger partial charge in [-0.25, -0.2) is 4.39 Å². The van der Waals surface area contributed by atoms with Gasteiger partial charge in [0.2, 0.25) is 0 Å². The van der Waals surface area contributed by atoms with E-state index in [1.165, 1.54) is 6.92 Å². The van der Waals surface area contributed by atoms with Gasteiger partial charge in [-0.2, -0.15) is 0 Å². The molecule has 0 bridgehead atoms. The molecule has 2 rings (SSSR count). The number of aliphatic hydroxyl groups excluding tert-OH is 1.